The molecule has 0 radical (unpaired) electrons. The van der Waals surface area contributed by atoms with Crippen LogP contribution in [0.1, 0.15) is 0 Å². The molecule has 0 aliphatic rings. The van der Waals surface area contributed by atoms with Gasteiger partial charge in [0.05, 0.1) is 0 Å². The van der Waals surface area contributed by atoms with Crippen LogP contribution in [0.4, 0.5) is 0 Å². The average Bonchev–Trinajstić information content (AvgIpc) is 1.69. The summed E-state index contributed by atoms with van der Waals surface area (Å²) in [6, 6.07) is 1.68. The van der Waals surface area contributed by atoms with Crippen LogP contribution in [-0.4, -0.2) is 9.97 Å². The quantitative estimate of drug-likeness (QED) is 0.357. The lowest BCUT2D eigenvalue weighted by molar-refractivity contribution is 1.05. The molecule has 0 saturated heterocycles. The van der Waals surface area contributed by atoms with Crippen molar-refractivity contribution in [1.29, 1.82) is 0 Å². The highest BCUT2D eigenvalue weighted by Crippen LogP contribution is 1.83. The third kappa shape index (κ3) is 1.08. The molecule has 0 bridgehead atoms. The Bertz CT molecular complexity index is 140. The topological polar surface area (TPSA) is 25.8 Å². The van der Waals surface area contributed by atoms with E-state index in [-0.39, 0.29) is 0 Å². The molecule has 0 N–H and O–H groups in total. The second-order valence-electron chi connectivity index (χ2n) is 1.05. The smallest absolute Gasteiger partial charge is 0.113 e. The number of hydrogen-bond acceptors (Lipinski definition) is 3. The highest BCUT2D eigenvalue weighted by atomic mass is 32.1. The minimum atomic E-state index is 0.593. The number of aromatic nitrogens is 2. The van der Waals surface area contributed by atoms with Gasteiger partial charge in [0.1, 0.15) is 6.33 Å². The van der Waals surface area contributed by atoms with Gasteiger partial charge in [-0.25, -0.2) is 4.98 Å². The largest absolute Gasteiger partial charge is 0.760 e. The van der Waals surface area contributed by atoms with Crippen molar-refractivity contribution in [2.75, 3.05) is 0 Å². The maximum absolute atomic E-state index is 4.66. The second-order valence-corrected chi connectivity index (χ2v) is 1.47. The Labute approximate surface area is 47.0 Å². The monoisotopic (exact) mass is 111 g/mol. The van der Waals surface area contributed by atoms with Crippen LogP contribution in [0.25, 0.3) is 0 Å². The first kappa shape index (κ1) is 4.46. The highest BCUT2D eigenvalue weighted by molar-refractivity contribution is 7.58. The van der Waals surface area contributed by atoms with Gasteiger partial charge in [-0.15, -0.1) is 0 Å². The van der Waals surface area contributed by atoms with Crippen molar-refractivity contribution in [3.63, 3.8) is 0 Å². The van der Waals surface area contributed by atoms with Crippen molar-refractivity contribution in [2.45, 2.75) is 5.03 Å². The fourth-order valence-corrected chi connectivity index (χ4v) is 0.387. The molecule has 0 spiro atoms. The Morgan fingerprint density at radius 1 is 1.57 bits per heavy atom. The molecule has 1 heterocycles. The van der Waals surface area contributed by atoms with Crippen LogP contribution in [-0.2, 0) is 12.6 Å². The normalized spacial score (nSPS) is 8.57. The van der Waals surface area contributed by atoms with Crippen molar-refractivity contribution in [1.82, 2.24) is 9.97 Å². The Balaban J connectivity index is 3.02. The highest BCUT2D eigenvalue weighted by Gasteiger charge is 1.65. The molecule has 0 atom stereocenters. The Morgan fingerprint density at radius 3 is 2.71 bits per heavy atom. The van der Waals surface area contributed by atoms with E-state index in [1.54, 1.807) is 12.3 Å². The van der Waals surface area contributed by atoms with Crippen molar-refractivity contribution in [2.24, 2.45) is 0 Å². The van der Waals surface area contributed by atoms with E-state index in [1.807, 2.05) is 0 Å². The maximum Gasteiger partial charge on any atom is 0.113 e. The van der Waals surface area contributed by atoms with Crippen molar-refractivity contribution >= 4 is 12.6 Å². The third-order valence-corrected chi connectivity index (χ3v) is 0.796. The summed E-state index contributed by atoms with van der Waals surface area (Å²) in [5, 5.41) is 0.593. The maximum atomic E-state index is 4.66. The number of hydrogen-bond donors (Lipinski definition) is 0. The van der Waals surface area contributed by atoms with Crippen LogP contribution in [0.15, 0.2) is 23.6 Å². The Kier molecular flexibility index (Phi) is 1.17. The van der Waals surface area contributed by atoms with Gasteiger partial charge < -0.3 is 12.6 Å². The molecular formula is C4H3N2S-. The summed E-state index contributed by atoms with van der Waals surface area (Å²) in [4.78, 5) is 7.35. The summed E-state index contributed by atoms with van der Waals surface area (Å²) >= 11 is 4.66. The van der Waals surface area contributed by atoms with Crippen molar-refractivity contribution < 1.29 is 0 Å². The van der Waals surface area contributed by atoms with E-state index in [2.05, 4.69) is 22.6 Å². The van der Waals surface area contributed by atoms with Gasteiger partial charge in [-0.2, -0.15) is 0 Å². The summed E-state index contributed by atoms with van der Waals surface area (Å²) in [5.41, 5.74) is 0. The molecule has 0 aliphatic heterocycles. The van der Waals surface area contributed by atoms with Crippen LogP contribution < -0.4 is 0 Å². The predicted octanol–water partition coefficient (Wildman–Crippen LogP) is 0.382. The molecule has 1 aromatic rings. The summed E-state index contributed by atoms with van der Waals surface area (Å²) in [6.45, 7) is 0. The molecule has 7 heavy (non-hydrogen) atoms. The van der Waals surface area contributed by atoms with Crippen molar-refractivity contribution in [3.8, 4) is 0 Å². The zero-order valence-electron chi connectivity index (χ0n) is 3.53. The molecular weight excluding hydrogens is 108 g/mol. The molecule has 3 heteroatoms. The molecule has 0 amide bonds. The van der Waals surface area contributed by atoms with Gasteiger partial charge in [0.15, 0.2) is 0 Å². The summed E-state index contributed by atoms with van der Waals surface area (Å²) in [5.74, 6) is 0. The van der Waals surface area contributed by atoms with Gasteiger partial charge in [0, 0.05) is 6.20 Å². The zero-order chi connectivity index (χ0) is 5.11. The lowest BCUT2D eigenvalue weighted by Gasteiger charge is -1.96. The van der Waals surface area contributed by atoms with Crippen LogP contribution in [0, 0.1) is 0 Å². The molecule has 1 aromatic heterocycles. The summed E-state index contributed by atoms with van der Waals surface area (Å²) in [7, 11) is 0. The van der Waals surface area contributed by atoms with Crippen molar-refractivity contribution in [3.05, 3.63) is 18.6 Å². The molecule has 0 aliphatic carbocycles. The Hall–Kier alpha value is -0.700. The van der Waals surface area contributed by atoms with E-state index in [0.29, 0.717) is 5.03 Å². The Morgan fingerprint density at radius 2 is 2.43 bits per heavy atom. The van der Waals surface area contributed by atoms with Gasteiger partial charge in [-0.1, -0.05) is 5.03 Å². The predicted molar refractivity (Wildman–Crippen MR) is 27.7 cm³/mol. The summed E-state index contributed by atoms with van der Waals surface area (Å²) in [6.07, 6.45) is 3.05. The van der Waals surface area contributed by atoms with E-state index >= 15 is 0 Å². The van der Waals surface area contributed by atoms with E-state index in [9.17, 15) is 0 Å². The molecule has 0 unspecified atom stereocenters. The van der Waals surface area contributed by atoms with Gasteiger partial charge in [0.25, 0.3) is 0 Å². The van der Waals surface area contributed by atoms with E-state index < -0.39 is 0 Å². The van der Waals surface area contributed by atoms with Crippen LogP contribution in [0.3, 0.4) is 0 Å². The van der Waals surface area contributed by atoms with Crippen LogP contribution >= 0.6 is 0 Å². The minimum absolute atomic E-state index is 0.593. The first-order valence-corrected chi connectivity index (χ1v) is 2.23. The molecule has 0 fully saturated rings. The second kappa shape index (κ2) is 1.84. The first-order chi connectivity index (χ1) is 3.39. The number of rotatable bonds is 0. The number of nitrogens with zero attached hydrogens (tertiary/aromatic N) is 2. The average molecular weight is 111 g/mol. The first-order valence-electron chi connectivity index (χ1n) is 1.82. The molecule has 0 saturated carbocycles. The van der Waals surface area contributed by atoms with Gasteiger partial charge in [-0.05, 0) is 6.07 Å². The molecule has 36 valence electrons. The lowest BCUT2D eigenvalue weighted by Crippen LogP contribution is -1.76. The van der Waals surface area contributed by atoms with Gasteiger partial charge in [-0.3, -0.25) is 4.98 Å². The molecule has 1 rings (SSSR count). The van der Waals surface area contributed by atoms with E-state index in [0.717, 1.165) is 0 Å². The van der Waals surface area contributed by atoms with Crippen LogP contribution in [0.2, 0.25) is 0 Å². The molecule has 0 aromatic carbocycles. The summed E-state index contributed by atoms with van der Waals surface area (Å²) < 4.78 is 0. The fourth-order valence-electron chi connectivity index (χ4n) is 0.279. The standard InChI is InChI=1S/C4H4N2S/c7-4-1-2-5-3-6-4/h1-3H,(H,5,6,7)/p-1. The van der Waals surface area contributed by atoms with E-state index in [4.69, 9.17) is 0 Å². The van der Waals surface area contributed by atoms with Gasteiger partial charge in [0.2, 0.25) is 0 Å². The zero-order valence-corrected chi connectivity index (χ0v) is 4.35. The minimum Gasteiger partial charge on any atom is -0.760 e. The fraction of sp³-hybridized carbons (Fsp3) is 0. The van der Waals surface area contributed by atoms with Crippen LogP contribution in [0.5, 0.6) is 0 Å². The SMILES string of the molecule is [S-]c1ccncn1. The third-order valence-electron chi connectivity index (χ3n) is 0.555. The van der Waals surface area contributed by atoms with Gasteiger partial charge >= 0.3 is 0 Å². The van der Waals surface area contributed by atoms with E-state index in [1.165, 1.54) is 6.33 Å². The lowest BCUT2D eigenvalue weighted by atomic mass is 10.7. The molecule has 2 nitrogen and oxygen atoms in total.